The number of aryl methyl sites for hydroxylation is 2. The van der Waals surface area contributed by atoms with E-state index in [1.165, 1.54) is 23.5 Å². The molecule has 0 aliphatic heterocycles. The van der Waals surface area contributed by atoms with Crippen LogP contribution in [0.4, 0.5) is 13.2 Å². The van der Waals surface area contributed by atoms with Gasteiger partial charge in [-0.1, -0.05) is 18.2 Å². The molecule has 3 aromatic rings. The van der Waals surface area contributed by atoms with E-state index >= 15 is 0 Å². The number of hydrogen-bond donors (Lipinski definition) is 2. The molecule has 168 valence electrons. The average Bonchev–Trinajstić information content (AvgIpc) is 3.21. The van der Waals surface area contributed by atoms with Crippen molar-refractivity contribution in [3.8, 4) is 16.3 Å². The van der Waals surface area contributed by atoms with Gasteiger partial charge >= 0.3 is 6.18 Å². The molecule has 2 N–H and O–H groups in total. The van der Waals surface area contributed by atoms with Crippen LogP contribution in [0.1, 0.15) is 22.4 Å². The van der Waals surface area contributed by atoms with Crippen molar-refractivity contribution in [2.75, 3.05) is 6.61 Å². The molecule has 0 aliphatic carbocycles. The molecule has 0 fully saturated rings. The molecule has 0 atom stereocenters. The number of ether oxygens (including phenoxy) is 1. The lowest BCUT2D eigenvalue weighted by Gasteiger charge is -2.09. The fourth-order valence-corrected chi connectivity index (χ4v) is 3.49. The monoisotopic (exact) mass is 463 g/mol. The van der Waals surface area contributed by atoms with Gasteiger partial charge in [0.25, 0.3) is 5.91 Å². The van der Waals surface area contributed by atoms with Gasteiger partial charge in [-0.15, -0.1) is 11.3 Å². The van der Waals surface area contributed by atoms with E-state index in [1.807, 2.05) is 26.0 Å². The van der Waals surface area contributed by atoms with Gasteiger partial charge in [-0.05, 0) is 49.2 Å². The molecular weight excluding hydrogens is 443 g/mol. The van der Waals surface area contributed by atoms with Gasteiger partial charge in [-0.3, -0.25) is 20.4 Å². The van der Waals surface area contributed by atoms with Gasteiger partial charge in [-0.2, -0.15) is 13.2 Å². The summed E-state index contributed by atoms with van der Waals surface area (Å²) in [5, 5.41) is 2.13. The van der Waals surface area contributed by atoms with E-state index in [4.69, 9.17) is 4.74 Å². The third-order valence-electron chi connectivity index (χ3n) is 4.54. The molecule has 0 saturated heterocycles. The molecule has 6 nitrogen and oxygen atoms in total. The summed E-state index contributed by atoms with van der Waals surface area (Å²) in [5.74, 6) is -0.470. The summed E-state index contributed by atoms with van der Waals surface area (Å²) in [4.78, 5) is 28.2. The van der Waals surface area contributed by atoms with Crippen molar-refractivity contribution in [2.24, 2.45) is 0 Å². The van der Waals surface area contributed by atoms with Crippen molar-refractivity contribution in [1.29, 1.82) is 0 Å². The van der Waals surface area contributed by atoms with Gasteiger partial charge in [0.2, 0.25) is 5.91 Å². The number of nitrogens with zero attached hydrogens (tertiary/aromatic N) is 1. The number of amides is 2. The van der Waals surface area contributed by atoms with Crippen LogP contribution in [-0.2, 0) is 22.2 Å². The molecule has 0 radical (unpaired) electrons. The zero-order chi connectivity index (χ0) is 23.3. The second kappa shape index (κ2) is 9.82. The summed E-state index contributed by atoms with van der Waals surface area (Å²) in [6, 6.07) is 10.1. The molecule has 0 saturated carbocycles. The van der Waals surface area contributed by atoms with E-state index in [2.05, 4.69) is 15.8 Å². The number of nitrogens with one attached hydrogen (secondary N) is 2. The molecule has 0 spiro atoms. The zero-order valence-corrected chi connectivity index (χ0v) is 18.1. The van der Waals surface area contributed by atoms with Crippen LogP contribution in [0.3, 0.4) is 0 Å². The highest BCUT2D eigenvalue weighted by Crippen LogP contribution is 2.31. The Labute approximate surface area is 186 Å². The number of halogens is 3. The van der Waals surface area contributed by atoms with Crippen LogP contribution in [0, 0.1) is 13.8 Å². The summed E-state index contributed by atoms with van der Waals surface area (Å²) in [6.07, 6.45) is -4.51. The third kappa shape index (κ3) is 6.30. The Bertz CT molecular complexity index is 1110. The maximum absolute atomic E-state index is 12.7. The first-order valence-corrected chi connectivity index (χ1v) is 10.4. The lowest BCUT2D eigenvalue weighted by Crippen LogP contribution is -2.44. The number of carbonyl (C=O) groups is 2. The topological polar surface area (TPSA) is 80.3 Å². The Hall–Kier alpha value is -3.40. The normalized spacial score (nSPS) is 11.2. The molecular formula is C22H20F3N3O3S. The van der Waals surface area contributed by atoms with E-state index in [-0.39, 0.29) is 13.0 Å². The molecule has 0 bridgehead atoms. The Morgan fingerprint density at radius 3 is 2.34 bits per heavy atom. The summed E-state index contributed by atoms with van der Waals surface area (Å²) >= 11 is 1.21. The van der Waals surface area contributed by atoms with Crippen molar-refractivity contribution in [3.05, 3.63) is 70.2 Å². The van der Waals surface area contributed by atoms with Crippen molar-refractivity contribution in [3.63, 3.8) is 0 Å². The first-order valence-electron chi connectivity index (χ1n) is 9.51. The van der Waals surface area contributed by atoms with E-state index in [0.717, 1.165) is 23.3 Å². The van der Waals surface area contributed by atoms with Crippen LogP contribution in [0.25, 0.3) is 10.6 Å². The number of carbonyl (C=O) groups excluding carboxylic acids is 2. The minimum Gasteiger partial charge on any atom is -0.484 e. The molecule has 2 amide bonds. The van der Waals surface area contributed by atoms with Gasteiger partial charge in [0.05, 0.1) is 17.7 Å². The van der Waals surface area contributed by atoms with E-state index < -0.39 is 23.6 Å². The summed E-state index contributed by atoms with van der Waals surface area (Å²) in [7, 11) is 0. The zero-order valence-electron chi connectivity index (χ0n) is 17.2. The number of aromatic nitrogens is 1. The van der Waals surface area contributed by atoms with Crippen LogP contribution in [0.5, 0.6) is 5.75 Å². The van der Waals surface area contributed by atoms with Gasteiger partial charge in [0, 0.05) is 10.9 Å². The van der Waals surface area contributed by atoms with E-state index in [1.54, 1.807) is 11.4 Å². The lowest BCUT2D eigenvalue weighted by atomic mass is 10.1. The minimum absolute atomic E-state index is 0.102. The number of thiazole rings is 1. The number of hydrazine groups is 1. The van der Waals surface area contributed by atoms with Crippen LogP contribution >= 0.6 is 11.3 Å². The van der Waals surface area contributed by atoms with Crippen molar-refractivity contribution < 1.29 is 27.5 Å². The fraction of sp³-hybridized carbons (Fsp3) is 0.227. The first kappa shape index (κ1) is 23.3. The Morgan fingerprint density at radius 1 is 1.00 bits per heavy atom. The molecule has 10 heteroatoms. The number of benzene rings is 2. The lowest BCUT2D eigenvalue weighted by molar-refractivity contribution is -0.137. The fourth-order valence-electron chi connectivity index (χ4n) is 2.66. The molecule has 0 aliphatic rings. The Balaban J connectivity index is 1.46. The molecule has 2 aromatic carbocycles. The van der Waals surface area contributed by atoms with E-state index in [0.29, 0.717) is 22.0 Å². The molecule has 1 heterocycles. The standard InChI is InChI=1S/C22H20F3N3O3S/c1-13-3-8-18(9-14(13)2)31-11-20(30)28-27-19(29)10-17-12-32-21(26-17)15-4-6-16(7-5-15)22(23,24)25/h3-9,12H,10-11H2,1-2H3,(H,27,29)(H,28,30). The van der Waals surface area contributed by atoms with Crippen molar-refractivity contribution in [2.45, 2.75) is 26.4 Å². The van der Waals surface area contributed by atoms with E-state index in [9.17, 15) is 22.8 Å². The predicted octanol–water partition coefficient (Wildman–Crippen LogP) is 4.21. The van der Waals surface area contributed by atoms with Crippen LogP contribution in [0.2, 0.25) is 0 Å². The largest absolute Gasteiger partial charge is 0.484 e. The SMILES string of the molecule is Cc1ccc(OCC(=O)NNC(=O)Cc2csc(-c3ccc(C(F)(F)F)cc3)n2)cc1C. The van der Waals surface area contributed by atoms with Crippen molar-refractivity contribution in [1.82, 2.24) is 15.8 Å². The highest BCUT2D eigenvalue weighted by atomic mass is 32.1. The smallest absolute Gasteiger partial charge is 0.416 e. The van der Waals surface area contributed by atoms with Crippen LogP contribution in [0.15, 0.2) is 47.8 Å². The van der Waals surface area contributed by atoms with Crippen LogP contribution < -0.4 is 15.6 Å². The second-order valence-corrected chi connectivity index (χ2v) is 7.89. The average molecular weight is 463 g/mol. The van der Waals surface area contributed by atoms with Gasteiger partial charge in [0.1, 0.15) is 10.8 Å². The molecule has 3 rings (SSSR count). The summed E-state index contributed by atoms with van der Waals surface area (Å²) in [6.45, 7) is 3.64. The quantitative estimate of drug-likeness (QED) is 0.537. The highest BCUT2D eigenvalue weighted by molar-refractivity contribution is 7.13. The molecule has 1 aromatic heterocycles. The van der Waals surface area contributed by atoms with Crippen molar-refractivity contribution >= 4 is 23.2 Å². The summed E-state index contributed by atoms with van der Waals surface area (Å²) in [5.41, 5.74) is 6.90. The number of rotatable bonds is 6. The Morgan fingerprint density at radius 2 is 1.69 bits per heavy atom. The maximum Gasteiger partial charge on any atom is 0.416 e. The van der Waals surface area contributed by atoms with Gasteiger partial charge in [-0.25, -0.2) is 4.98 Å². The Kier molecular flexibility index (Phi) is 7.14. The third-order valence-corrected chi connectivity index (χ3v) is 5.48. The summed E-state index contributed by atoms with van der Waals surface area (Å²) < 4.78 is 43.4. The molecule has 0 unspecified atom stereocenters. The number of alkyl halides is 3. The predicted molar refractivity (Wildman–Crippen MR) is 114 cm³/mol. The maximum atomic E-state index is 12.7. The number of hydrogen-bond acceptors (Lipinski definition) is 5. The minimum atomic E-state index is -4.40. The molecule has 32 heavy (non-hydrogen) atoms. The van der Waals surface area contributed by atoms with Gasteiger partial charge < -0.3 is 4.74 Å². The second-order valence-electron chi connectivity index (χ2n) is 7.03. The van der Waals surface area contributed by atoms with Crippen LogP contribution in [-0.4, -0.2) is 23.4 Å². The first-order chi connectivity index (χ1) is 15.1. The highest BCUT2D eigenvalue weighted by Gasteiger charge is 2.30. The van der Waals surface area contributed by atoms with Gasteiger partial charge in [0.15, 0.2) is 6.61 Å².